The lowest BCUT2D eigenvalue weighted by molar-refractivity contribution is 0.474. The quantitative estimate of drug-likeness (QED) is 0.835. The van der Waals surface area contributed by atoms with Crippen LogP contribution < -0.4 is 0 Å². The van der Waals surface area contributed by atoms with Crippen LogP contribution in [0.25, 0.3) is 11.1 Å². The fraction of sp³-hybridized carbons (Fsp3) is 0.222. The molecule has 20 heavy (non-hydrogen) atoms. The van der Waals surface area contributed by atoms with Crippen LogP contribution in [0.15, 0.2) is 48.5 Å². The summed E-state index contributed by atoms with van der Waals surface area (Å²) >= 11 is 0. The van der Waals surface area contributed by atoms with E-state index >= 15 is 0 Å². The van der Waals surface area contributed by atoms with Crippen LogP contribution in [0.2, 0.25) is 0 Å². The van der Waals surface area contributed by atoms with E-state index in [1.54, 1.807) is 24.3 Å². The lowest BCUT2D eigenvalue weighted by Crippen LogP contribution is -1.99. The number of allylic oxidation sites excluding steroid dienone is 2. The zero-order valence-electron chi connectivity index (χ0n) is 11.3. The first kappa shape index (κ1) is 12.8. The highest BCUT2D eigenvalue weighted by molar-refractivity contribution is 5.91. The van der Waals surface area contributed by atoms with E-state index in [4.69, 9.17) is 0 Å². The highest BCUT2D eigenvalue weighted by Gasteiger charge is 2.15. The van der Waals surface area contributed by atoms with Crippen LogP contribution in [0.5, 0.6) is 11.5 Å². The van der Waals surface area contributed by atoms with Gasteiger partial charge in [-0.25, -0.2) is 0 Å². The number of rotatable bonds is 2. The Labute approximate surface area is 119 Å². The average Bonchev–Trinajstić information content (AvgIpc) is 2.49. The first-order chi connectivity index (χ1) is 9.74. The third-order valence-electron chi connectivity index (χ3n) is 3.90. The molecule has 2 nitrogen and oxygen atoms in total. The van der Waals surface area contributed by atoms with E-state index < -0.39 is 0 Å². The van der Waals surface area contributed by atoms with Gasteiger partial charge >= 0.3 is 0 Å². The van der Waals surface area contributed by atoms with Crippen LogP contribution in [0.3, 0.4) is 0 Å². The predicted molar refractivity (Wildman–Crippen MR) is 81.5 cm³/mol. The van der Waals surface area contributed by atoms with Crippen molar-refractivity contribution in [3.8, 4) is 11.5 Å². The van der Waals surface area contributed by atoms with E-state index in [0.29, 0.717) is 11.5 Å². The molecule has 0 fully saturated rings. The molecule has 102 valence electrons. The molecule has 1 aliphatic carbocycles. The van der Waals surface area contributed by atoms with Crippen LogP contribution in [0.1, 0.15) is 36.8 Å². The van der Waals surface area contributed by atoms with Gasteiger partial charge in [-0.15, -0.1) is 0 Å². The Morgan fingerprint density at radius 1 is 0.550 bits per heavy atom. The third-order valence-corrected chi connectivity index (χ3v) is 3.90. The summed E-state index contributed by atoms with van der Waals surface area (Å²) < 4.78 is 0. The molecule has 0 atom stereocenters. The molecule has 0 unspecified atom stereocenters. The lowest BCUT2D eigenvalue weighted by atomic mass is 9.84. The molecule has 0 bridgehead atoms. The third kappa shape index (κ3) is 2.55. The number of aromatic hydroxyl groups is 2. The zero-order chi connectivity index (χ0) is 13.9. The number of benzene rings is 2. The van der Waals surface area contributed by atoms with Gasteiger partial charge in [-0.2, -0.15) is 0 Å². The summed E-state index contributed by atoms with van der Waals surface area (Å²) in [5, 5.41) is 18.8. The summed E-state index contributed by atoms with van der Waals surface area (Å²) in [5.41, 5.74) is 5.10. The van der Waals surface area contributed by atoms with Gasteiger partial charge in [-0.3, -0.25) is 0 Å². The van der Waals surface area contributed by atoms with Crippen LogP contribution in [-0.4, -0.2) is 10.2 Å². The normalized spacial score (nSPS) is 15.4. The number of hydrogen-bond acceptors (Lipinski definition) is 2. The van der Waals surface area contributed by atoms with Gasteiger partial charge in [0.25, 0.3) is 0 Å². The smallest absolute Gasteiger partial charge is 0.115 e. The molecule has 3 rings (SSSR count). The van der Waals surface area contributed by atoms with Gasteiger partial charge in [0.1, 0.15) is 11.5 Å². The van der Waals surface area contributed by atoms with Gasteiger partial charge in [0, 0.05) is 0 Å². The lowest BCUT2D eigenvalue weighted by Gasteiger charge is -2.21. The van der Waals surface area contributed by atoms with Crippen molar-refractivity contribution >= 4 is 11.1 Å². The summed E-state index contributed by atoms with van der Waals surface area (Å²) in [4.78, 5) is 0. The SMILES string of the molecule is Oc1ccc(C2=C(c3ccc(O)cc3)CCCC2)cc1. The van der Waals surface area contributed by atoms with Crippen molar-refractivity contribution in [1.29, 1.82) is 0 Å². The fourth-order valence-corrected chi connectivity index (χ4v) is 2.87. The molecule has 2 heteroatoms. The fourth-order valence-electron chi connectivity index (χ4n) is 2.87. The predicted octanol–water partition coefficient (Wildman–Crippen LogP) is 4.58. The minimum absolute atomic E-state index is 0.302. The van der Waals surface area contributed by atoms with Gasteiger partial charge in [0.15, 0.2) is 0 Å². The minimum atomic E-state index is 0.302. The van der Waals surface area contributed by atoms with Gasteiger partial charge < -0.3 is 10.2 Å². The number of hydrogen-bond donors (Lipinski definition) is 2. The topological polar surface area (TPSA) is 40.5 Å². The van der Waals surface area contributed by atoms with Crippen LogP contribution in [0, 0.1) is 0 Å². The second kappa shape index (κ2) is 5.41. The Balaban J connectivity index is 2.07. The van der Waals surface area contributed by atoms with Crippen LogP contribution in [0.4, 0.5) is 0 Å². The van der Waals surface area contributed by atoms with Gasteiger partial charge in [0.05, 0.1) is 0 Å². The van der Waals surface area contributed by atoms with Crippen molar-refractivity contribution in [3.63, 3.8) is 0 Å². The Morgan fingerprint density at radius 2 is 0.900 bits per heavy atom. The van der Waals surface area contributed by atoms with Crippen molar-refractivity contribution in [2.45, 2.75) is 25.7 Å². The van der Waals surface area contributed by atoms with E-state index in [9.17, 15) is 10.2 Å². The maximum atomic E-state index is 9.42. The molecule has 0 aromatic heterocycles. The number of phenolic OH excluding ortho intramolecular Hbond substituents is 2. The van der Waals surface area contributed by atoms with Gasteiger partial charge in [-0.05, 0) is 72.2 Å². The molecule has 2 aromatic carbocycles. The summed E-state index contributed by atoms with van der Waals surface area (Å²) in [7, 11) is 0. The summed E-state index contributed by atoms with van der Waals surface area (Å²) in [6, 6.07) is 14.9. The molecule has 0 spiro atoms. The molecule has 0 radical (unpaired) electrons. The molecule has 2 N–H and O–H groups in total. The molecule has 0 heterocycles. The molecular weight excluding hydrogens is 248 g/mol. The van der Waals surface area contributed by atoms with Crippen molar-refractivity contribution in [2.75, 3.05) is 0 Å². The molecule has 0 aliphatic heterocycles. The van der Waals surface area contributed by atoms with Crippen molar-refractivity contribution < 1.29 is 10.2 Å². The maximum Gasteiger partial charge on any atom is 0.115 e. The molecule has 1 aliphatic rings. The van der Waals surface area contributed by atoms with Crippen molar-refractivity contribution in [1.82, 2.24) is 0 Å². The Kier molecular flexibility index (Phi) is 3.46. The Morgan fingerprint density at radius 3 is 1.25 bits per heavy atom. The van der Waals surface area contributed by atoms with Crippen LogP contribution >= 0.6 is 0 Å². The summed E-state index contributed by atoms with van der Waals surface area (Å²) in [6.45, 7) is 0. The molecule has 0 saturated carbocycles. The first-order valence-electron chi connectivity index (χ1n) is 7.05. The van der Waals surface area contributed by atoms with Crippen molar-refractivity contribution in [2.24, 2.45) is 0 Å². The molecule has 2 aromatic rings. The second-order valence-corrected chi connectivity index (χ2v) is 5.26. The van der Waals surface area contributed by atoms with Gasteiger partial charge in [0.2, 0.25) is 0 Å². The summed E-state index contributed by atoms with van der Waals surface area (Å²) in [5.74, 6) is 0.604. The van der Waals surface area contributed by atoms with E-state index in [-0.39, 0.29) is 0 Å². The number of phenols is 2. The van der Waals surface area contributed by atoms with Gasteiger partial charge in [-0.1, -0.05) is 24.3 Å². The summed E-state index contributed by atoms with van der Waals surface area (Å²) in [6.07, 6.45) is 4.55. The Hall–Kier alpha value is -2.22. The highest BCUT2D eigenvalue weighted by atomic mass is 16.3. The first-order valence-corrected chi connectivity index (χ1v) is 7.05. The highest BCUT2D eigenvalue weighted by Crippen LogP contribution is 2.38. The molecular formula is C18H18O2. The van der Waals surface area contributed by atoms with E-state index in [1.165, 1.54) is 35.1 Å². The molecule has 0 saturated heterocycles. The van der Waals surface area contributed by atoms with Crippen molar-refractivity contribution in [3.05, 3.63) is 59.7 Å². The van der Waals surface area contributed by atoms with E-state index in [1.807, 2.05) is 24.3 Å². The second-order valence-electron chi connectivity index (χ2n) is 5.26. The van der Waals surface area contributed by atoms with E-state index in [0.717, 1.165) is 12.8 Å². The van der Waals surface area contributed by atoms with Crippen LogP contribution in [-0.2, 0) is 0 Å². The van der Waals surface area contributed by atoms with E-state index in [2.05, 4.69) is 0 Å². The molecule has 0 amide bonds. The standard InChI is InChI=1S/C18H18O2/c19-15-9-5-13(6-10-15)17-3-1-2-4-18(17)14-7-11-16(20)12-8-14/h5-12,19-20H,1-4H2. The minimum Gasteiger partial charge on any atom is -0.508 e. The monoisotopic (exact) mass is 266 g/mol. The maximum absolute atomic E-state index is 9.42. The zero-order valence-corrected chi connectivity index (χ0v) is 11.3. The average molecular weight is 266 g/mol. The largest absolute Gasteiger partial charge is 0.508 e. The Bertz CT molecular complexity index is 564.